The van der Waals surface area contributed by atoms with E-state index in [1.54, 1.807) is 11.9 Å². The van der Waals surface area contributed by atoms with E-state index < -0.39 is 9.84 Å². The average molecular weight is 346 g/mol. The summed E-state index contributed by atoms with van der Waals surface area (Å²) in [4.78, 5) is 20.0. The minimum Gasteiger partial charge on any atom is -0.340 e. The van der Waals surface area contributed by atoms with Crippen LogP contribution in [0.4, 0.5) is 0 Å². The summed E-state index contributed by atoms with van der Waals surface area (Å²) in [5.74, 6) is -0.304. The molecule has 8 heteroatoms. The quantitative estimate of drug-likeness (QED) is 0.777. The van der Waals surface area contributed by atoms with E-state index in [1.807, 2.05) is 7.05 Å². The molecule has 0 spiro atoms. The van der Waals surface area contributed by atoms with E-state index in [9.17, 15) is 13.2 Å². The van der Waals surface area contributed by atoms with Gasteiger partial charge in [-0.1, -0.05) is 11.6 Å². The average Bonchev–Trinajstić information content (AvgIpc) is 3.27. The SMILES string of the molecule is CN(CCN(C)C1CC1)C(=O)c1cc(S(C)(=O)=O)ncc1Cl. The molecule has 1 aromatic heterocycles. The molecule has 0 bridgehead atoms. The number of pyridine rings is 1. The molecule has 122 valence electrons. The van der Waals surface area contributed by atoms with Crippen LogP contribution in [-0.4, -0.2) is 68.6 Å². The lowest BCUT2D eigenvalue weighted by molar-refractivity contribution is 0.0781. The molecule has 0 unspecified atom stereocenters. The van der Waals surface area contributed by atoms with Crippen molar-refractivity contribution in [3.05, 3.63) is 22.8 Å². The number of rotatable bonds is 6. The van der Waals surface area contributed by atoms with Crippen molar-refractivity contribution in [1.82, 2.24) is 14.8 Å². The number of hydrogen-bond acceptors (Lipinski definition) is 5. The summed E-state index contributed by atoms with van der Waals surface area (Å²) < 4.78 is 23.1. The number of carbonyl (C=O) groups is 1. The van der Waals surface area contributed by atoms with Crippen molar-refractivity contribution in [2.24, 2.45) is 0 Å². The Bertz CT molecular complexity index is 674. The van der Waals surface area contributed by atoms with Crippen LogP contribution in [-0.2, 0) is 9.84 Å². The zero-order chi connectivity index (χ0) is 16.5. The van der Waals surface area contributed by atoms with Gasteiger partial charge in [0.1, 0.15) is 0 Å². The van der Waals surface area contributed by atoms with Crippen LogP contribution in [0.15, 0.2) is 17.3 Å². The van der Waals surface area contributed by atoms with Gasteiger partial charge in [0.15, 0.2) is 14.9 Å². The van der Waals surface area contributed by atoms with Crippen molar-refractivity contribution in [1.29, 1.82) is 0 Å². The Morgan fingerprint density at radius 3 is 2.55 bits per heavy atom. The fourth-order valence-corrected chi connectivity index (χ4v) is 2.86. The Balaban J connectivity index is 2.10. The number of halogens is 1. The monoisotopic (exact) mass is 345 g/mol. The molecule has 0 aromatic carbocycles. The van der Waals surface area contributed by atoms with E-state index in [0.717, 1.165) is 12.8 Å². The Morgan fingerprint density at radius 2 is 2.00 bits per heavy atom. The number of hydrogen-bond donors (Lipinski definition) is 0. The second kappa shape index (κ2) is 6.52. The van der Waals surface area contributed by atoms with Crippen LogP contribution in [0.2, 0.25) is 5.02 Å². The van der Waals surface area contributed by atoms with Crippen molar-refractivity contribution in [2.75, 3.05) is 33.4 Å². The second-order valence-electron chi connectivity index (χ2n) is 5.71. The molecule has 1 fully saturated rings. The molecule has 1 aliphatic rings. The topological polar surface area (TPSA) is 70.6 Å². The van der Waals surface area contributed by atoms with Crippen LogP contribution in [0.5, 0.6) is 0 Å². The molecule has 1 saturated carbocycles. The number of nitrogens with zero attached hydrogens (tertiary/aromatic N) is 3. The smallest absolute Gasteiger partial charge is 0.255 e. The maximum absolute atomic E-state index is 12.4. The van der Waals surface area contributed by atoms with Crippen molar-refractivity contribution < 1.29 is 13.2 Å². The van der Waals surface area contributed by atoms with E-state index >= 15 is 0 Å². The lowest BCUT2D eigenvalue weighted by atomic mass is 10.2. The van der Waals surface area contributed by atoms with Gasteiger partial charge in [0.05, 0.1) is 10.6 Å². The highest BCUT2D eigenvalue weighted by atomic mass is 35.5. The van der Waals surface area contributed by atoms with E-state index in [2.05, 4.69) is 9.88 Å². The summed E-state index contributed by atoms with van der Waals surface area (Å²) in [6.45, 7) is 1.33. The Hall–Kier alpha value is -1.18. The van der Waals surface area contributed by atoms with Gasteiger partial charge >= 0.3 is 0 Å². The van der Waals surface area contributed by atoms with Crippen LogP contribution < -0.4 is 0 Å². The van der Waals surface area contributed by atoms with Gasteiger partial charge in [-0.2, -0.15) is 0 Å². The fraction of sp³-hybridized carbons (Fsp3) is 0.571. The van der Waals surface area contributed by atoms with Gasteiger partial charge in [0.25, 0.3) is 5.91 Å². The summed E-state index contributed by atoms with van der Waals surface area (Å²) in [6, 6.07) is 1.87. The first kappa shape index (κ1) is 17.2. The second-order valence-corrected chi connectivity index (χ2v) is 8.08. The molecular weight excluding hydrogens is 326 g/mol. The van der Waals surface area contributed by atoms with Gasteiger partial charge < -0.3 is 9.80 Å². The highest BCUT2D eigenvalue weighted by molar-refractivity contribution is 7.90. The van der Waals surface area contributed by atoms with Crippen molar-refractivity contribution >= 4 is 27.3 Å². The normalized spacial score (nSPS) is 15.1. The number of carbonyl (C=O) groups excluding carboxylic acids is 1. The van der Waals surface area contributed by atoms with Crippen LogP contribution >= 0.6 is 11.6 Å². The summed E-state index contributed by atoms with van der Waals surface area (Å²) in [6.07, 6.45) is 4.67. The predicted molar refractivity (Wildman–Crippen MR) is 85.0 cm³/mol. The molecule has 0 N–H and O–H groups in total. The Morgan fingerprint density at radius 1 is 1.36 bits per heavy atom. The van der Waals surface area contributed by atoms with Gasteiger partial charge in [0, 0.05) is 38.6 Å². The van der Waals surface area contributed by atoms with Crippen LogP contribution in [0.1, 0.15) is 23.2 Å². The lowest BCUT2D eigenvalue weighted by Gasteiger charge is -2.22. The van der Waals surface area contributed by atoms with E-state index in [4.69, 9.17) is 11.6 Å². The van der Waals surface area contributed by atoms with E-state index in [1.165, 1.54) is 25.1 Å². The van der Waals surface area contributed by atoms with Gasteiger partial charge in [-0.3, -0.25) is 4.79 Å². The van der Waals surface area contributed by atoms with Gasteiger partial charge in [-0.15, -0.1) is 0 Å². The lowest BCUT2D eigenvalue weighted by Crippen LogP contribution is -2.35. The molecule has 1 aromatic rings. The summed E-state index contributed by atoms with van der Waals surface area (Å²) in [7, 11) is 0.241. The number of aromatic nitrogens is 1. The molecule has 0 aliphatic heterocycles. The molecule has 6 nitrogen and oxygen atoms in total. The van der Waals surface area contributed by atoms with E-state index in [0.29, 0.717) is 12.6 Å². The number of likely N-dealkylation sites (N-methyl/N-ethyl adjacent to an activating group) is 2. The highest BCUT2D eigenvalue weighted by Crippen LogP contribution is 2.25. The summed E-state index contributed by atoms with van der Waals surface area (Å²) in [5.41, 5.74) is 0.161. The van der Waals surface area contributed by atoms with Crippen molar-refractivity contribution in [3.63, 3.8) is 0 Å². The first-order valence-corrected chi connectivity index (χ1v) is 9.28. The summed E-state index contributed by atoms with van der Waals surface area (Å²) >= 11 is 5.99. The predicted octanol–water partition coefficient (Wildman–Crippen LogP) is 1.30. The minimum atomic E-state index is -3.48. The third-order valence-electron chi connectivity index (χ3n) is 3.75. The number of amides is 1. The largest absolute Gasteiger partial charge is 0.340 e. The van der Waals surface area contributed by atoms with Crippen molar-refractivity contribution in [3.8, 4) is 0 Å². The zero-order valence-electron chi connectivity index (χ0n) is 12.9. The van der Waals surface area contributed by atoms with Crippen molar-refractivity contribution in [2.45, 2.75) is 23.9 Å². The summed E-state index contributed by atoms with van der Waals surface area (Å²) in [5, 5.41) is 0.00328. The molecule has 0 atom stereocenters. The van der Waals surface area contributed by atoms with E-state index in [-0.39, 0.29) is 21.5 Å². The number of sulfone groups is 1. The molecule has 1 heterocycles. The fourth-order valence-electron chi connectivity index (χ4n) is 2.10. The first-order valence-electron chi connectivity index (χ1n) is 7.01. The van der Waals surface area contributed by atoms with Crippen LogP contribution in [0.25, 0.3) is 0 Å². The zero-order valence-corrected chi connectivity index (χ0v) is 14.5. The standard InChI is InChI=1S/C14H20ClN3O3S/c1-17(10-4-5-10)6-7-18(2)14(19)11-8-13(22(3,20)21)16-9-12(11)15/h8-10H,4-7H2,1-3H3. The third-order valence-corrected chi connectivity index (χ3v) is 5.03. The molecule has 22 heavy (non-hydrogen) atoms. The maximum atomic E-state index is 12.4. The minimum absolute atomic E-state index is 0.149. The van der Waals surface area contributed by atoms with Gasteiger partial charge in [-0.25, -0.2) is 13.4 Å². The molecule has 1 aliphatic carbocycles. The highest BCUT2D eigenvalue weighted by Gasteiger charge is 2.26. The molecule has 2 rings (SSSR count). The maximum Gasteiger partial charge on any atom is 0.255 e. The van der Waals surface area contributed by atoms with Gasteiger partial charge in [0.2, 0.25) is 0 Å². The first-order chi connectivity index (χ1) is 10.2. The Kier molecular flexibility index (Phi) is 5.09. The molecule has 0 saturated heterocycles. The Labute approximate surface area is 136 Å². The molecular formula is C14H20ClN3O3S. The van der Waals surface area contributed by atoms with Crippen LogP contribution in [0.3, 0.4) is 0 Å². The molecule has 1 amide bonds. The van der Waals surface area contributed by atoms with Crippen LogP contribution in [0, 0.1) is 0 Å². The third kappa shape index (κ3) is 4.18. The van der Waals surface area contributed by atoms with Gasteiger partial charge in [-0.05, 0) is 26.0 Å². The molecule has 0 radical (unpaired) electrons.